The number of H-pyrrole nitrogens is 1. The first-order valence-corrected chi connectivity index (χ1v) is 10.2. The quantitative estimate of drug-likeness (QED) is 0.470. The van der Waals surface area contributed by atoms with Crippen molar-refractivity contribution < 1.29 is 22.7 Å². The highest BCUT2D eigenvalue weighted by Crippen LogP contribution is 2.31. The summed E-state index contributed by atoms with van der Waals surface area (Å²) in [5, 5.41) is 5.77. The molecule has 3 rings (SSSR count). The number of nitrogens with zero attached hydrogens (tertiary/aromatic N) is 2. The van der Waals surface area contributed by atoms with Crippen LogP contribution < -0.4 is 15.4 Å². The summed E-state index contributed by atoms with van der Waals surface area (Å²) in [4.78, 5) is 24.3. The first-order valence-electron chi connectivity index (χ1n) is 10.2. The van der Waals surface area contributed by atoms with Crippen molar-refractivity contribution in [3.63, 3.8) is 0 Å². The molecule has 3 N–H and O–H groups in total. The van der Waals surface area contributed by atoms with Crippen LogP contribution in [0.25, 0.3) is 22.2 Å². The number of halogens is 3. The van der Waals surface area contributed by atoms with E-state index >= 15 is 0 Å². The molecule has 0 aliphatic heterocycles. The minimum Gasteiger partial charge on any atom is -0.489 e. The zero-order valence-corrected chi connectivity index (χ0v) is 18.2. The molecular weight excluding hydrogens is 423 g/mol. The molecule has 1 amide bonds. The molecule has 10 heteroatoms. The number of anilines is 1. The van der Waals surface area contributed by atoms with Crippen molar-refractivity contribution in [2.75, 3.05) is 11.9 Å². The fourth-order valence-electron chi connectivity index (χ4n) is 3.29. The Bertz CT molecular complexity index is 1080. The van der Waals surface area contributed by atoms with Gasteiger partial charge in [0.2, 0.25) is 5.91 Å². The van der Waals surface area contributed by atoms with Gasteiger partial charge in [-0.1, -0.05) is 13.8 Å². The van der Waals surface area contributed by atoms with Crippen molar-refractivity contribution in [3.05, 3.63) is 36.9 Å². The maximum atomic E-state index is 12.6. The van der Waals surface area contributed by atoms with E-state index < -0.39 is 24.7 Å². The average Bonchev–Trinajstić information content (AvgIpc) is 3.10. The third-order valence-electron chi connectivity index (χ3n) is 4.67. The lowest BCUT2D eigenvalue weighted by Crippen LogP contribution is -2.47. The number of amides is 1. The lowest BCUT2D eigenvalue weighted by atomic mass is 10.0. The number of nitrogens with one attached hydrogen (secondary N) is 3. The van der Waals surface area contributed by atoms with Gasteiger partial charge in [0.05, 0.1) is 36.8 Å². The Morgan fingerprint density at radius 1 is 1.16 bits per heavy atom. The topological polar surface area (TPSA) is 91.9 Å². The molecule has 0 aliphatic rings. The summed E-state index contributed by atoms with van der Waals surface area (Å²) in [5.74, 6) is -0.273. The van der Waals surface area contributed by atoms with Crippen LogP contribution >= 0.6 is 0 Å². The molecule has 172 valence electrons. The van der Waals surface area contributed by atoms with Gasteiger partial charge < -0.3 is 15.0 Å². The molecule has 3 aromatic heterocycles. The van der Waals surface area contributed by atoms with Crippen molar-refractivity contribution in [2.45, 2.75) is 46.0 Å². The molecule has 0 spiro atoms. The molecule has 3 heterocycles. The molecule has 0 saturated carbocycles. The van der Waals surface area contributed by atoms with Gasteiger partial charge in [0, 0.05) is 28.9 Å². The number of carbonyl (C=O) groups excluding carboxylic acids is 1. The standard InChI is InChI=1S/C22H26F3N5O2/c1-12(2)19(29-11-22(23,24)25)21(31)30-15-5-14(7-26-8-15)18-10-28-20-17(18)6-16(9-27-20)32-13(3)4/h5-10,12-13,19,29H,11H2,1-4H3,(H,27,28)(H,30,31)/t19-/m1/s1. The molecular formula is C22H26F3N5O2. The molecule has 0 unspecified atom stereocenters. The Hall–Kier alpha value is -3.14. The van der Waals surface area contributed by atoms with E-state index in [1.54, 1.807) is 38.5 Å². The number of hydrogen-bond donors (Lipinski definition) is 3. The van der Waals surface area contributed by atoms with Crippen molar-refractivity contribution in [1.29, 1.82) is 0 Å². The number of aromatic nitrogens is 3. The molecule has 0 aromatic carbocycles. The number of rotatable bonds is 8. The molecule has 0 fully saturated rings. The minimum atomic E-state index is -4.41. The number of hydrogen-bond acceptors (Lipinski definition) is 5. The predicted molar refractivity (Wildman–Crippen MR) is 116 cm³/mol. The normalized spacial score (nSPS) is 13.0. The Morgan fingerprint density at radius 2 is 1.91 bits per heavy atom. The smallest absolute Gasteiger partial charge is 0.401 e. The van der Waals surface area contributed by atoms with Crippen LogP contribution in [-0.2, 0) is 4.79 Å². The lowest BCUT2D eigenvalue weighted by Gasteiger charge is -2.22. The third-order valence-corrected chi connectivity index (χ3v) is 4.67. The summed E-state index contributed by atoms with van der Waals surface area (Å²) in [6, 6.07) is 2.58. The van der Waals surface area contributed by atoms with Crippen LogP contribution in [0.5, 0.6) is 5.75 Å². The second-order valence-electron chi connectivity index (χ2n) is 8.11. The highest BCUT2D eigenvalue weighted by Gasteiger charge is 2.31. The summed E-state index contributed by atoms with van der Waals surface area (Å²) in [6.07, 6.45) is 2.09. The maximum Gasteiger partial charge on any atom is 0.401 e. The molecule has 0 bridgehead atoms. The molecule has 1 atom stereocenters. The van der Waals surface area contributed by atoms with Crippen LogP contribution in [-0.4, -0.2) is 45.7 Å². The van der Waals surface area contributed by atoms with Gasteiger partial charge >= 0.3 is 6.18 Å². The summed E-state index contributed by atoms with van der Waals surface area (Å²) >= 11 is 0. The van der Waals surface area contributed by atoms with Gasteiger partial charge in [-0.05, 0) is 31.9 Å². The van der Waals surface area contributed by atoms with Crippen LogP contribution in [0, 0.1) is 5.92 Å². The van der Waals surface area contributed by atoms with Gasteiger partial charge in [-0.2, -0.15) is 13.2 Å². The number of aromatic amines is 1. The second-order valence-corrected chi connectivity index (χ2v) is 8.11. The largest absolute Gasteiger partial charge is 0.489 e. The van der Waals surface area contributed by atoms with Crippen LogP contribution in [0.15, 0.2) is 36.9 Å². The molecule has 0 radical (unpaired) electrons. The predicted octanol–water partition coefficient (Wildman–Crippen LogP) is 4.53. The van der Waals surface area contributed by atoms with Gasteiger partial charge in [-0.25, -0.2) is 4.98 Å². The summed E-state index contributed by atoms with van der Waals surface area (Å²) in [7, 11) is 0. The molecule has 0 aliphatic carbocycles. The van der Waals surface area contributed by atoms with Gasteiger partial charge in [-0.3, -0.25) is 15.1 Å². The van der Waals surface area contributed by atoms with Gasteiger partial charge in [0.15, 0.2) is 0 Å². The van der Waals surface area contributed by atoms with Crippen molar-refractivity contribution in [2.24, 2.45) is 5.92 Å². The monoisotopic (exact) mass is 449 g/mol. The molecule has 3 aromatic rings. The number of fused-ring (bicyclic) bond motifs is 1. The summed E-state index contributed by atoms with van der Waals surface area (Å²) in [6.45, 7) is 5.96. The van der Waals surface area contributed by atoms with E-state index in [9.17, 15) is 18.0 Å². The van der Waals surface area contributed by atoms with Crippen molar-refractivity contribution in [3.8, 4) is 16.9 Å². The maximum absolute atomic E-state index is 12.6. The van der Waals surface area contributed by atoms with Crippen molar-refractivity contribution >= 4 is 22.6 Å². The van der Waals surface area contributed by atoms with E-state index in [0.29, 0.717) is 22.6 Å². The van der Waals surface area contributed by atoms with Crippen LogP contribution in [0.4, 0.5) is 18.9 Å². The van der Waals surface area contributed by atoms with Crippen LogP contribution in [0.2, 0.25) is 0 Å². The zero-order chi connectivity index (χ0) is 23.5. The third kappa shape index (κ3) is 5.97. The minimum absolute atomic E-state index is 0.00305. The SMILES string of the molecule is CC(C)Oc1cnc2[nH]cc(-c3cncc(NC(=O)[C@H](NCC(F)(F)F)C(C)C)c3)c2c1. The van der Waals surface area contributed by atoms with E-state index in [0.717, 1.165) is 10.9 Å². The molecule has 32 heavy (non-hydrogen) atoms. The van der Waals surface area contributed by atoms with Gasteiger partial charge in [-0.15, -0.1) is 0 Å². The number of alkyl halides is 3. The highest BCUT2D eigenvalue weighted by molar-refractivity contribution is 5.97. The first kappa shape index (κ1) is 23.5. The van der Waals surface area contributed by atoms with E-state index in [4.69, 9.17) is 4.74 Å². The summed E-state index contributed by atoms with van der Waals surface area (Å²) in [5.41, 5.74) is 2.56. The lowest BCUT2D eigenvalue weighted by molar-refractivity contribution is -0.131. The number of pyridine rings is 2. The number of ether oxygens (including phenoxy) is 1. The second kappa shape index (κ2) is 9.56. The molecule has 0 saturated heterocycles. The Kier molecular flexibility index (Phi) is 7.02. The fraction of sp³-hybridized carbons (Fsp3) is 0.409. The van der Waals surface area contributed by atoms with E-state index in [1.165, 1.54) is 6.20 Å². The van der Waals surface area contributed by atoms with Gasteiger partial charge in [0.1, 0.15) is 11.4 Å². The van der Waals surface area contributed by atoms with E-state index in [1.807, 2.05) is 19.9 Å². The molecule has 7 nitrogen and oxygen atoms in total. The number of carbonyl (C=O) groups is 1. The Labute approximate surface area is 183 Å². The van der Waals surface area contributed by atoms with Crippen LogP contribution in [0.3, 0.4) is 0 Å². The van der Waals surface area contributed by atoms with Gasteiger partial charge in [0.25, 0.3) is 0 Å². The van der Waals surface area contributed by atoms with Crippen molar-refractivity contribution in [1.82, 2.24) is 20.3 Å². The van der Waals surface area contributed by atoms with Crippen LogP contribution in [0.1, 0.15) is 27.7 Å². The highest BCUT2D eigenvalue weighted by atomic mass is 19.4. The van der Waals surface area contributed by atoms with E-state index in [-0.39, 0.29) is 12.0 Å². The zero-order valence-electron chi connectivity index (χ0n) is 18.2. The average molecular weight is 449 g/mol. The Morgan fingerprint density at radius 3 is 2.56 bits per heavy atom. The summed E-state index contributed by atoms with van der Waals surface area (Å²) < 4.78 is 43.5. The Balaban J connectivity index is 1.83. The van der Waals surface area contributed by atoms with E-state index in [2.05, 4.69) is 25.6 Å². The first-order chi connectivity index (χ1) is 15.0. The fourth-order valence-corrected chi connectivity index (χ4v) is 3.29.